The van der Waals surface area contributed by atoms with Crippen LogP contribution in [0.3, 0.4) is 0 Å². The summed E-state index contributed by atoms with van der Waals surface area (Å²) in [5.74, 6) is -0.854. The highest BCUT2D eigenvalue weighted by Crippen LogP contribution is 2.17. The van der Waals surface area contributed by atoms with Crippen molar-refractivity contribution in [3.05, 3.63) is 0 Å². The molecule has 0 heterocycles. The minimum Gasteiger partial charge on any atom is -0.462 e. The fourth-order valence-corrected chi connectivity index (χ4v) is 8.45. The van der Waals surface area contributed by atoms with Gasteiger partial charge in [0.2, 0.25) is 0 Å². The molecule has 0 rings (SSSR count). The third-order valence-corrected chi connectivity index (χ3v) is 12.6. The Hall–Kier alpha value is -1.59. The third kappa shape index (κ3) is 49.3. The molecule has 6 heteroatoms. The lowest BCUT2D eigenvalue weighted by molar-refractivity contribution is -0.167. The van der Waals surface area contributed by atoms with E-state index in [-0.39, 0.29) is 31.1 Å². The van der Waals surface area contributed by atoms with Crippen molar-refractivity contribution in [3.63, 3.8) is 0 Å². The molecule has 0 fully saturated rings. The second-order valence-corrected chi connectivity index (χ2v) is 18.9. The zero-order chi connectivity index (χ0) is 44.4. The van der Waals surface area contributed by atoms with Crippen molar-refractivity contribution in [1.29, 1.82) is 0 Å². The minimum absolute atomic E-state index is 0.0629. The summed E-state index contributed by atoms with van der Waals surface area (Å²) in [6, 6.07) is 0. The van der Waals surface area contributed by atoms with E-state index in [2.05, 4.69) is 20.8 Å². The molecule has 0 amide bonds. The highest BCUT2D eigenvalue weighted by molar-refractivity contribution is 5.71. The molecule has 0 saturated heterocycles. The van der Waals surface area contributed by atoms with E-state index in [0.29, 0.717) is 19.3 Å². The third-order valence-electron chi connectivity index (χ3n) is 12.6. The predicted molar refractivity (Wildman–Crippen MR) is 261 cm³/mol. The molecule has 1 unspecified atom stereocenters. The summed E-state index contributed by atoms with van der Waals surface area (Å²) >= 11 is 0. The zero-order valence-corrected chi connectivity index (χ0v) is 41.5. The van der Waals surface area contributed by atoms with Gasteiger partial charge in [-0.15, -0.1) is 0 Å². The van der Waals surface area contributed by atoms with Crippen molar-refractivity contribution in [2.24, 2.45) is 0 Å². The normalized spacial score (nSPS) is 11.9. The van der Waals surface area contributed by atoms with Crippen molar-refractivity contribution in [2.45, 2.75) is 322 Å². The zero-order valence-electron chi connectivity index (χ0n) is 41.5. The Labute approximate surface area is 380 Å². The molecule has 1 atom stereocenters. The topological polar surface area (TPSA) is 78.9 Å². The van der Waals surface area contributed by atoms with Crippen molar-refractivity contribution in [2.75, 3.05) is 13.2 Å². The number of carbonyl (C=O) groups excluding carboxylic acids is 3. The lowest BCUT2D eigenvalue weighted by Gasteiger charge is -2.18. The van der Waals surface area contributed by atoms with Crippen LogP contribution in [0.15, 0.2) is 0 Å². The molecule has 0 radical (unpaired) electrons. The molecule has 0 N–H and O–H groups in total. The van der Waals surface area contributed by atoms with E-state index >= 15 is 0 Å². The van der Waals surface area contributed by atoms with E-state index in [1.54, 1.807) is 0 Å². The van der Waals surface area contributed by atoms with Gasteiger partial charge in [-0.25, -0.2) is 0 Å². The standard InChI is InChI=1S/C55H106O6/c1-4-7-10-13-16-19-20-21-22-23-24-25-26-27-28-29-30-31-32-33-34-35-36-37-40-42-45-48-54(57)60-51-52(61-55(58)49-46-43-39-18-15-12-9-6-3)50-59-53(56)47-44-41-38-17-14-11-8-5-2/h52H,4-51H2,1-3H3. The largest absolute Gasteiger partial charge is 0.462 e. The van der Waals surface area contributed by atoms with Crippen LogP contribution in [0.4, 0.5) is 0 Å². The average Bonchev–Trinajstić information content (AvgIpc) is 3.26. The molecule has 0 aliphatic carbocycles. The Bertz CT molecular complexity index is 905. The number of hydrogen-bond donors (Lipinski definition) is 0. The Morgan fingerprint density at radius 1 is 0.262 bits per heavy atom. The van der Waals surface area contributed by atoms with Crippen LogP contribution in [0, 0.1) is 0 Å². The average molecular weight is 863 g/mol. The van der Waals surface area contributed by atoms with Crippen molar-refractivity contribution in [3.8, 4) is 0 Å². The number of unbranched alkanes of at least 4 members (excludes halogenated alkanes) is 40. The van der Waals surface area contributed by atoms with E-state index in [9.17, 15) is 14.4 Å². The molecule has 362 valence electrons. The number of hydrogen-bond acceptors (Lipinski definition) is 6. The molecule has 0 spiro atoms. The molecular weight excluding hydrogens is 757 g/mol. The Kier molecular flexibility index (Phi) is 49.7. The molecule has 0 aliphatic heterocycles. The second-order valence-electron chi connectivity index (χ2n) is 18.9. The van der Waals surface area contributed by atoms with E-state index in [4.69, 9.17) is 14.2 Å². The first-order valence-electron chi connectivity index (χ1n) is 27.5. The molecular formula is C55H106O6. The summed E-state index contributed by atoms with van der Waals surface area (Å²) in [5, 5.41) is 0. The monoisotopic (exact) mass is 863 g/mol. The van der Waals surface area contributed by atoms with Gasteiger partial charge in [0.05, 0.1) is 0 Å². The summed E-state index contributed by atoms with van der Waals surface area (Å²) < 4.78 is 16.7. The molecule has 0 bridgehead atoms. The van der Waals surface area contributed by atoms with Gasteiger partial charge in [-0.05, 0) is 19.3 Å². The molecule has 6 nitrogen and oxygen atoms in total. The van der Waals surface area contributed by atoms with Crippen LogP contribution in [-0.2, 0) is 28.6 Å². The van der Waals surface area contributed by atoms with E-state index < -0.39 is 6.10 Å². The van der Waals surface area contributed by atoms with Crippen LogP contribution in [0.5, 0.6) is 0 Å². The van der Waals surface area contributed by atoms with Gasteiger partial charge >= 0.3 is 17.9 Å². The molecule has 0 aromatic rings. The van der Waals surface area contributed by atoms with Gasteiger partial charge in [0.1, 0.15) is 13.2 Å². The summed E-state index contributed by atoms with van der Waals surface area (Å²) in [6.45, 7) is 6.62. The van der Waals surface area contributed by atoms with Gasteiger partial charge in [0.15, 0.2) is 6.10 Å². The Morgan fingerprint density at radius 3 is 0.656 bits per heavy atom. The first-order chi connectivity index (χ1) is 30.0. The van der Waals surface area contributed by atoms with Crippen molar-refractivity contribution in [1.82, 2.24) is 0 Å². The van der Waals surface area contributed by atoms with Crippen molar-refractivity contribution < 1.29 is 28.6 Å². The fraction of sp³-hybridized carbons (Fsp3) is 0.945. The van der Waals surface area contributed by atoms with Crippen LogP contribution < -0.4 is 0 Å². The summed E-state index contributed by atoms with van der Waals surface area (Å²) in [7, 11) is 0. The maximum absolute atomic E-state index is 12.7. The lowest BCUT2D eigenvalue weighted by atomic mass is 10.0. The lowest BCUT2D eigenvalue weighted by Crippen LogP contribution is -2.30. The van der Waals surface area contributed by atoms with Gasteiger partial charge < -0.3 is 14.2 Å². The fourth-order valence-electron chi connectivity index (χ4n) is 8.45. The highest BCUT2D eigenvalue weighted by Gasteiger charge is 2.19. The number of carbonyl (C=O) groups is 3. The van der Waals surface area contributed by atoms with Gasteiger partial charge in [-0.2, -0.15) is 0 Å². The Balaban J connectivity index is 3.92. The number of esters is 3. The maximum Gasteiger partial charge on any atom is 0.306 e. The van der Waals surface area contributed by atoms with Crippen LogP contribution in [0.25, 0.3) is 0 Å². The molecule has 0 aliphatic rings. The van der Waals surface area contributed by atoms with Gasteiger partial charge in [-0.1, -0.05) is 278 Å². The van der Waals surface area contributed by atoms with Crippen LogP contribution in [0.2, 0.25) is 0 Å². The summed E-state index contributed by atoms with van der Waals surface area (Å²) in [4.78, 5) is 37.7. The quantitative estimate of drug-likeness (QED) is 0.0344. The molecule has 0 aromatic carbocycles. The second kappa shape index (κ2) is 51.0. The summed E-state index contributed by atoms with van der Waals surface area (Å²) in [6.07, 6.45) is 55.7. The van der Waals surface area contributed by atoms with E-state index in [1.807, 2.05) is 0 Å². The van der Waals surface area contributed by atoms with Crippen LogP contribution in [0.1, 0.15) is 316 Å². The predicted octanol–water partition coefficient (Wildman–Crippen LogP) is 18.0. The number of rotatable bonds is 51. The van der Waals surface area contributed by atoms with E-state index in [1.165, 1.54) is 218 Å². The maximum atomic E-state index is 12.7. The first kappa shape index (κ1) is 59.4. The smallest absolute Gasteiger partial charge is 0.306 e. The number of ether oxygens (including phenoxy) is 3. The molecule has 0 aromatic heterocycles. The molecule has 61 heavy (non-hydrogen) atoms. The SMILES string of the molecule is CCCCCCCCCCCCCCCCCCCCCCCCCCCCCC(=O)OCC(COC(=O)CCCCCCCCCC)OC(=O)CCCCCCCCCC. The Morgan fingerprint density at radius 2 is 0.443 bits per heavy atom. The van der Waals surface area contributed by atoms with Gasteiger partial charge in [0, 0.05) is 19.3 Å². The highest BCUT2D eigenvalue weighted by atomic mass is 16.6. The van der Waals surface area contributed by atoms with E-state index in [0.717, 1.165) is 57.8 Å². The van der Waals surface area contributed by atoms with Crippen LogP contribution >= 0.6 is 0 Å². The van der Waals surface area contributed by atoms with Gasteiger partial charge in [-0.3, -0.25) is 14.4 Å². The molecule has 0 saturated carbocycles. The minimum atomic E-state index is -0.758. The summed E-state index contributed by atoms with van der Waals surface area (Å²) in [5.41, 5.74) is 0. The van der Waals surface area contributed by atoms with Gasteiger partial charge in [0.25, 0.3) is 0 Å². The first-order valence-corrected chi connectivity index (χ1v) is 27.5. The van der Waals surface area contributed by atoms with Crippen LogP contribution in [-0.4, -0.2) is 37.2 Å². The van der Waals surface area contributed by atoms with Crippen molar-refractivity contribution >= 4 is 17.9 Å².